The predicted octanol–water partition coefficient (Wildman–Crippen LogP) is 3.99. The lowest BCUT2D eigenvalue weighted by Gasteiger charge is -1.99. The summed E-state index contributed by atoms with van der Waals surface area (Å²) < 4.78 is 5.21. The molecule has 1 aliphatic heterocycles. The van der Waals surface area contributed by atoms with Crippen molar-refractivity contribution in [2.45, 2.75) is 6.92 Å². The van der Waals surface area contributed by atoms with Crippen LogP contribution in [0.4, 0.5) is 0 Å². The Bertz CT molecular complexity index is 743. The number of aryl methyl sites for hydroxylation is 1. The maximum Gasteiger partial charge on any atom is 0.363 e. The molecule has 0 bridgehead atoms. The molecule has 0 unspecified atom stereocenters. The lowest BCUT2D eigenvalue weighted by atomic mass is 10.1. The van der Waals surface area contributed by atoms with Gasteiger partial charge in [-0.25, -0.2) is 9.79 Å². The molecule has 0 amide bonds. The lowest BCUT2D eigenvalue weighted by molar-refractivity contribution is -0.129. The fraction of sp³-hybridized carbons (Fsp3) is 0.0588. The van der Waals surface area contributed by atoms with Crippen LogP contribution in [-0.4, -0.2) is 11.9 Å². The number of nitrogens with zero attached hydrogens (tertiary/aromatic N) is 1. The Labute approximate surface area is 127 Å². The molecule has 2 aromatic rings. The zero-order chi connectivity index (χ0) is 14.8. The highest BCUT2D eigenvalue weighted by Crippen LogP contribution is 2.20. The van der Waals surface area contributed by atoms with Crippen LogP contribution in [0.1, 0.15) is 16.7 Å². The molecular formula is C17H12ClNO2. The van der Waals surface area contributed by atoms with E-state index in [1.165, 1.54) is 0 Å². The van der Waals surface area contributed by atoms with E-state index in [1.807, 2.05) is 43.3 Å². The number of aliphatic imine (C=N–C) groups is 1. The molecule has 0 saturated carbocycles. The third-order valence-electron chi connectivity index (χ3n) is 3.09. The molecule has 0 saturated heterocycles. The summed E-state index contributed by atoms with van der Waals surface area (Å²) in [5.41, 5.74) is 3.06. The van der Waals surface area contributed by atoms with Gasteiger partial charge in [-0.3, -0.25) is 0 Å². The van der Waals surface area contributed by atoms with Crippen LogP contribution >= 0.6 is 11.6 Å². The minimum absolute atomic E-state index is 0.285. The number of hydrogen-bond acceptors (Lipinski definition) is 3. The average Bonchev–Trinajstić information content (AvgIpc) is 2.83. The Kier molecular flexibility index (Phi) is 3.59. The predicted molar refractivity (Wildman–Crippen MR) is 83.2 cm³/mol. The van der Waals surface area contributed by atoms with E-state index in [1.54, 1.807) is 18.2 Å². The fourth-order valence-electron chi connectivity index (χ4n) is 1.95. The monoisotopic (exact) mass is 297 g/mol. The maximum absolute atomic E-state index is 11.9. The number of hydrogen-bond donors (Lipinski definition) is 0. The van der Waals surface area contributed by atoms with Crippen molar-refractivity contribution < 1.29 is 9.53 Å². The van der Waals surface area contributed by atoms with Crippen LogP contribution in [0.2, 0.25) is 5.02 Å². The number of rotatable bonds is 2. The molecule has 0 aromatic heterocycles. The van der Waals surface area contributed by atoms with Gasteiger partial charge in [-0.05, 0) is 42.8 Å². The second-order valence-electron chi connectivity index (χ2n) is 4.75. The highest BCUT2D eigenvalue weighted by molar-refractivity contribution is 6.30. The number of carbonyl (C=O) groups is 1. The molecule has 2 aromatic carbocycles. The first-order valence-corrected chi connectivity index (χ1v) is 6.85. The molecule has 1 heterocycles. The van der Waals surface area contributed by atoms with Crippen molar-refractivity contribution in [3.05, 3.63) is 75.9 Å². The van der Waals surface area contributed by atoms with Crippen molar-refractivity contribution in [3.8, 4) is 0 Å². The van der Waals surface area contributed by atoms with E-state index in [0.717, 1.165) is 16.7 Å². The van der Waals surface area contributed by atoms with Gasteiger partial charge in [0.25, 0.3) is 0 Å². The molecule has 0 aliphatic carbocycles. The zero-order valence-electron chi connectivity index (χ0n) is 11.3. The number of esters is 1. The van der Waals surface area contributed by atoms with Gasteiger partial charge in [0.1, 0.15) is 0 Å². The Hall–Kier alpha value is -2.39. The van der Waals surface area contributed by atoms with Crippen molar-refractivity contribution in [3.63, 3.8) is 0 Å². The normalized spacial score (nSPS) is 16.0. The molecule has 0 spiro atoms. The molecule has 1 aliphatic rings. The maximum atomic E-state index is 11.9. The molecule has 4 heteroatoms. The van der Waals surface area contributed by atoms with E-state index in [0.29, 0.717) is 10.9 Å². The zero-order valence-corrected chi connectivity index (χ0v) is 12.1. The van der Waals surface area contributed by atoms with Crippen LogP contribution in [-0.2, 0) is 9.53 Å². The molecule has 3 nitrogen and oxygen atoms in total. The minimum Gasteiger partial charge on any atom is -0.402 e. The molecule has 104 valence electrons. The topological polar surface area (TPSA) is 38.7 Å². The Balaban J connectivity index is 1.91. The highest BCUT2D eigenvalue weighted by Gasteiger charge is 2.23. The second kappa shape index (κ2) is 5.54. The highest BCUT2D eigenvalue weighted by atomic mass is 35.5. The molecule has 0 fully saturated rings. The van der Waals surface area contributed by atoms with Gasteiger partial charge in [-0.1, -0.05) is 41.4 Å². The SMILES string of the molecule is Cc1ccc(C2=N/C(=C\c3ccc(Cl)cc3)C(=O)O2)cc1. The number of carbonyl (C=O) groups excluding carboxylic acids is 1. The fourth-order valence-corrected chi connectivity index (χ4v) is 2.07. The quantitative estimate of drug-likeness (QED) is 0.621. The van der Waals surface area contributed by atoms with Gasteiger partial charge in [0.15, 0.2) is 5.70 Å². The summed E-state index contributed by atoms with van der Waals surface area (Å²) in [4.78, 5) is 16.1. The first-order chi connectivity index (χ1) is 10.1. The standard InChI is InChI=1S/C17H12ClNO2/c1-11-2-6-13(7-3-11)16-19-15(17(20)21-16)10-12-4-8-14(18)9-5-12/h2-10H,1H3/b15-10-. The molecule has 0 atom stereocenters. The number of halogens is 1. The van der Waals surface area contributed by atoms with Gasteiger partial charge < -0.3 is 4.74 Å². The van der Waals surface area contributed by atoms with Gasteiger partial charge >= 0.3 is 5.97 Å². The lowest BCUT2D eigenvalue weighted by Crippen LogP contribution is -2.05. The molecular weight excluding hydrogens is 286 g/mol. The van der Waals surface area contributed by atoms with E-state index in [-0.39, 0.29) is 5.70 Å². The Morgan fingerprint density at radius 3 is 2.38 bits per heavy atom. The summed E-state index contributed by atoms with van der Waals surface area (Å²) in [6.07, 6.45) is 1.68. The van der Waals surface area contributed by atoms with Gasteiger partial charge in [0, 0.05) is 10.6 Å². The third kappa shape index (κ3) is 3.03. The second-order valence-corrected chi connectivity index (χ2v) is 5.19. The molecule has 21 heavy (non-hydrogen) atoms. The summed E-state index contributed by atoms with van der Waals surface area (Å²) >= 11 is 5.83. The molecule has 0 N–H and O–H groups in total. The Morgan fingerprint density at radius 2 is 1.71 bits per heavy atom. The van der Waals surface area contributed by atoms with Gasteiger partial charge in [-0.2, -0.15) is 0 Å². The Morgan fingerprint density at radius 1 is 1.05 bits per heavy atom. The van der Waals surface area contributed by atoms with E-state index >= 15 is 0 Å². The number of ether oxygens (including phenoxy) is 1. The summed E-state index contributed by atoms with van der Waals surface area (Å²) in [7, 11) is 0. The van der Waals surface area contributed by atoms with Gasteiger partial charge in [-0.15, -0.1) is 0 Å². The van der Waals surface area contributed by atoms with E-state index in [4.69, 9.17) is 16.3 Å². The summed E-state index contributed by atoms with van der Waals surface area (Å²) in [5, 5.41) is 0.648. The van der Waals surface area contributed by atoms with Gasteiger partial charge in [0.2, 0.25) is 5.90 Å². The smallest absolute Gasteiger partial charge is 0.363 e. The van der Waals surface area contributed by atoms with Crippen LogP contribution < -0.4 is 0 Å². The summed E-state index contributed by atoms with van der Waals surface area (Å²) in [6, 6.07) is 14.8. The van der Waals surface area contributed by atoms with Crippen LogP contribution in [0.5, 0.6) is 0 Å². The van der Waals surface area contributed by atoms with Crippen LogP contribution in [0.25, 0.3) is 6.08 Å². The minimum atomic E-state index is -0.444. The van der Waals surface area contributed by atoms with E-state index in [2.05, 4.69) is 4.99 Å². The summed E-state index contributed by atoms with van der Waals surface area (Å²) in [5.74, 6) is -0.110. The number of cyclic esters (lactones) is 1. The third-order valence-corrected chi connectivity index (χ3v) is 3.34. The van der Waals surface area contributed by atoms with Crippen molar-refractivity contribution in [1.82, 2.24) is 0 Å². The van der Waals surface area contributed by atoms with Crippen LogP contribution in [0.15, 0.2) is 59.2 Å². The van der Waals surface area contributed by atoms with Crippen LogP contribution in [0.3, 0.4) is 0 Å². The van der Waals surface area contributed by atoms with E-state index in [9.17, 15) is 4.79 Å². The molecule has 3 rings (SSSR count). The number of benzene rings is 2. The van der Waals surface area contributed by atoms with Crippen molar-refractivity contribution in [1.29, 1.82) is 0 Å². The van der Waals surface area contributed by atoms with Crippen molar-refractivity contribution in [2.75, 3.05) is 0 Å². The first-order valence-electron chi connectivity index (χ1n) is 6.47. The largest absolute Gasteiger partial charge is 0.402 e. The van der Waals surface area contributed by atoms with Crippen LogP contribution in [0, 0.1) is 6.92 Å². The summed E-state index contributed by atoms with van der Waals surface area (Å²) in [6.45, 7) is 2.00. The van der Waals surface area contributed by atoms with Crippen molar-refractivity contribution in [2.24, 2.45) is 4.99 Å². The van der Waals surface area contributed by atoms with E-state index < -0.39 is 5.97 Å². The van der Waals surface area contributed by atoms with Gasteiger partial charge in [0.05, 0.1) is 0 Å². The first kappa shape index (κ1) is 13.6. The average molecular weight is 298 g/mol. The van der Waals surface area contributed by atoms with Crippen molar-refractivity contribution >= 4 is 29.5 Å². The molecule has 0 radical (unpaired) electrons.